The van der Waals surface area contributed by atoms with Crippen LogP contribution in [-0.2, 0) is 0 Å². The van der Waals surface area contributed by atoms with E-state index < -0.39 is 0 Å². The van der Waals surface area contributed by atoms with Crippen LogP contribution in [0.15, 0.2) is 0 Å². The average molecular weight is 353 g/mol. The maximum absolute atomic E-state index is 2.45. The number of rotatable bonds is 19. The second-order valence-electron chi connectivity index (χ2n) is 8.87. The zero-order valence-corrected chi connectivity index (χ0v) is 18.8. The Morgan fingerprint density at radius 2 is 0.920 bits per heavy atom. The van der Waals surface area contributed by atoms with Crippen molar-refractivity contribution in [2.75, 3.05) is 0 Å². The van der Waals surface area contributed by atoms with Gasteiger partial charge < -0.3 is 0 Å². The lowest BCUT2D eigenvalue weighted by Gasteiger charge is -2.22. The van der Waals surface area contributed by atoms with Crippen molar-refractivity contribution in [2.24, 2.45) is 17.8 Å². The molecule has 0 radical (unpaired) electrons. The SMILES string of the molecule is CCCCC(C)CCCCCCCCC(CCCC)CC(CC)CC. The first-order chi connectivity index (χ1) is 12.2. The molecule has 2 atom stereocenters. The average Bonchev–Trinajstić information content (AvgIpc) is 2.63. The molecule has 2 unspecified atom stereocenters. The van der Waals surface area contributed by atoms with Crippen molar-refractivity contribution in [3.05, 3.63) is 0 Å². The van der Waals surface area contributed by atoms with Crippen molar-refractivity contribution in [2.45, 2.75) is 144 Å². The Bertz CT molecular complexity index is 240. The molecule has 0 aliphatic rings. The number of hydrogen-bond donors (Lipinski definition) is 0. The van der Waals surface area contributed by atoms with Gasteiger partial charge in [0.05, 0.1) is 0 Å². The van der Waals surface area contributed by atoms with Gasteiger partial charge in [0.15, 0.2) is 0 Å². The van der Waals surface area contributed by atoms with Crippen LogP contribution < -0.4 is 0 Å². The highest BCUT2D eigenvalue weighted by molar-refractivity contribution is 4.66. The second-order valence-corrected chi connectivity index (χ2v) is 8.87. The van der Waals surface area contributed by atoms with Gasteiger partial charge in [0.25, 0.3) is 0 Å². The van der Waals surface area contributed by atoms with Crippen LogP contribution in [0.4, 0.5) is 0 Å². The van der Waals surface area contributed by atoms with Gasteiger partial charge in [-0.05, 0) is 24.2 Å². The Morgan fingerprint density at radius 1 is 0.480 bits per heavy atom. The predicted molar refractivity (Wildman–Crippen MR) is 117 cm³/mol. The fourth-order valence-electron chi connectivity index (χ4n) is 4.30. The molecule has 0 heteroatoms. The first kappa shape index (κ1) is 25.0. The molecular formula is C25H52. The monoisotopic (exact) mass is 352 g/mol. The third-order valence-corrected chi connectivity index (χ3v) is 6.40. The first-order valence-electron chi connectivity index (χ1n) is 12.2. The molecule has 0 spiro atoms. The van der Waals surface area contributed by atoms with Gasteiger partial charge in [-0.15, -0.1) is 0 Å². The van der Waals surface area contributed by atoms with E-state index in [0.29, 0.717) is 0 Å². The van der Waals surface area contributed by atoms with Crippen molar-refractivity contribution in [3.63, 3.8) is 0 Å². The molecule has 0 rings (SSSR count). The Kier molecular flexibility index (Phi) is 18.8. The number of unbranched alkanes of at least 4 members (excludes halogenated alkanes) is 7. The molecule has 0 aliphatic heterocycles. The van der Waals surface area contributed by atoms with Crippen LogP contribution in [0.1, 0.15) is 144 Å². The lowest BCUT2D eigenvalue weighted by molar-refractivity contribution is 0.307. The molecule has 0 bridgehead atoms. The molecular weight excluding hydrogens is 300 g/mol. The van der Waals surface area contributed by atoms with Crippen molar-refractivity contribution >= 4 is 0 Å². The summed E-state index contributed by atoms with van der Waals surface area (Å²) in [5, 5.41) is 0. The van der Waals surface area contributed by atoms with Crippen molar-refractivity contribution in [3.8, 4) is 0 Å². The zero-order valence-electron chi connectivity index (χ0n) is 18.8. The van der Waals surface area contributed by atoms with Crippen LogP contribution in [0.2, 0.25) is 0 Å². The van der Waals surface area contributed by atoms with Gasteiger partial charge in [0.2, 0.25) is 0 Å². The fraction of sp³-hybridized carbons (Fsp3) is 1.00. The molecule has 152 valence electrons. The van der Waals surface area contributed by atoms with Crippen LogP contribution in [0.5, 0.6) is 0 Å². The minimum absolute atomic E-state index is 0.962. The molecule has 0 nitrogen and oxygen atoms in total. The summed E-state index contributed by atoms with van der Waals surface area (Å²) in [6.45, 7) is 11.9. The van der Waals surface area contributed by atoms with Crippen molar-refractivity contribution in [1.29, 1.82) is 0 Å². The number of hydrogen-bond acceptors (Lipinski definition) is 0. The summed E-state index contributed by atoms with van der Waals surface area (Å²) in [7, 11) is 0. The van der Waals surface area contributed by atoms with E-state index in [0.717, 1.165) is 17.8 Å². The smallest absolute Gasteiger partial charge is 0.0412 e. The van der Waals surface area contributed by atoms with Crippen LogP contribution >= 0.6 is 0 Å². The third kappa shape index (κ3) is 15.9. The topological polar surface area (TPSA) is 0 Å². The quantitative estimate of drug-likeness (QED) is 0.203. The molecule has 0 fully saturated rings. The highest BCUT2D eigenvalue weighted by atomic mass is 14.2. The van der Waals surface area contributed by atoms with Gasteiger partial charge >= 0.3 is 0 Å². The standard InChI is InChI=1S/C25H52/c1-6-10-18-23(5)19-16-14-12-13-15-17-21-25(20-11-7-2)22-24(8-3)9-4/h23-25H,6-22H2,1-5H3. The Morgan fingerprint density at radius 3 is 1.48 bits per heavy atom. The van der Waals surface area contributed by atoms with Crippen molar-refractivity contribution < 1.29 is 0 Å². The zero-order chi connectivity index (χ0) is 18.8. The van der Waals surface area contributed by atoms with Gasteiger partial charge in [0.1, 0.15) is 0 Å². The highest BCUT2D eigenvalue weighted by Crippen LogP contribution is 2.27. The van der Waals surface area contributed by atoms with Gasteiger partial charge in [-0.1, -0.05) is 137 Å². The predicted octanol–water partition coefficient (Wildman–Crippen LogP) is 9.57. The summed E-state index contributed by atoms with van der Waals surface area (Å²) in [6.07, 6.45) is 24.7. The van der Waals surface area contributed by atoms with Crippen LogP contribution in [-0.4, -0.2) is 0 Å². The molecule has 0 saturated carbocycles. The molecule has 0 N–H and O–H groups in total. The summed E-state index contributed by atoms with van der Waals surface area (Å²) in [5.41, 5.74) is 0. The van der Waals surface area contributed by atoms with Gasteiger partial charge in [-0.25, -0.2) is 0 Å². The summed E-state index contributed by atoms with van der Waals surface area (Å²) in [6, 6.07) is 0. The van der Waals surface area contributed by atoms with Crippen LogP contribution in [0.3, 0.4) is 0 Å². The van der Waals surface area contributed by atoms with E-state index in [9.17, 15) is 0 Å². The van der Waals surface area contributed by atoms with Crippen molar-refractivity contribution in [1.82, 2.24) is 0 Å². The maximum atomic E-state index is 2.45. The van der Waals surface area contributed by atoms with E-state index in [4.69, 9.17) is 0 Å². The minimum Gasteiger partial charge on any atom is -0.0654 e. The van der Waals surface area contributed by atoms with E-state index in [1.54, 1.807) is 0 Å². The summed E-state index contributed by atoms with van der Waals surface area (Å²) < 4.78 is 0. The first-order valence-corrected chi connectivity index (χ1v) is 12.2. The van der Waals surface area contributed by atoms with Crippen LogP contribution in [0, 0.1) is 17.8 Å². The summed E-state index contributed by atoms with van der Waals surface area (Å²) >= 11 is 0. The molecule has 0 aromatic heterocycles. The molecule has 0 aliphatic carbocycles. The molecule has 0 aromatic carbocycles. The normalized spacial score (nSPS) is 14.2. The Hall–Kier alpha value is 0. The lowest BCUT2D eigenvalue weighted by atomic mass is 9.84. The molecule has 0 aromatic rings. The summed E-state index contributed by atoms with van der Waals surface area (Å²) in [5.74, 6) is 2.96. The minimum atomic E-state index is 0.962. The largest absolute Gasteiger partial charge is 0.0654 e. The summed E-state index contributed by atoms with van der Waals surface area (Å²) in [4.78, 5) is 0. The molecule has 0 saturated heterocycles. The van der Waals surface area contributed by atoms with E-state index in [1.807, 2.05) is 0 Å². The molecule has 25 heavy (non-hydrogen) atoms. The highest BCUT2D eigenvalue weighted by Gasteiger charge is 2.13. The van der Waals surface area contributed by atoms with E-state index in [1.165, 1.54) is 109 Å². The fourth-order valence-corrected chi connectivity index (χ4v) is 4.30. The van der Waals surface area contributed by atoms with E-state index in [-0.39, 0.29) is 0 Å². The third-order valence-electron chi connectivity index (χ3n) is 6.40. The Balaban J connectivity index is 3.66. The molecule has 0 amide bonds. The van der Waals surface area contributed by atoms with E-state index in [2.05, 4.69) is 34.6 Å². The van der Waals surface area contributed by atoms with Gasteiger partial charge in [-0.3, -0.25) is 0 Å². The van der Waals surface area contributed by atoms with Gasteiger partial charge in [-0.2, -0.15) is 0 Å². The van der Waals surface area contributed by atoms with Gasteiger partial charge in [0, 0.05) is 0 Å². The second kappa shape index (κ2) is 18.8. The lowest BCUT2D eigenvalue weighted by Crippen LogP contribution is -2.08. The Labute approximate surface area is 161 Å². The van der Waals surface area contributed by atoms with E-state index >= 15 is 0 Å². The maximum Gasteiger partial charge on any atom is -0.0412 e. The molecule has 0 heterocycles. The van der Waals surface area contributed by atoms with Crippen LogP contribution in [0.25, 0.3) is 0 Å².